The molecule has 1 atom stereocenters. The van der Waals surface area contributed by atoms with E-state index >= 15 is 0 Å². The maximum atomic E-state index is 10.7. The van der Waals surface area contributed by atoms with Crippen molar-refractivity contribution in [3.63, 3.8) is 0 Å². The van der Waals surface area contributed by atoms with E-state index in [-0.39, 0.29) is 11.8 Å². The van der Waals surface area contributed by atoms with Gasteiger partial charge in [-0.3, -0.25) is 4.79 Å². The lowest BCUT2D eigenvalue weighted by atomic mass is 10.1. The molecule has 0 aliphatic heterocycles. The normalized spacial score (nSPS) is 13.2. The molecule has 2 nitrogen and oxygen atoms in total. The predicted molar refractivity (Wildman–Crippen MR) is 38.4 cm³/mol. The van der Waals surface area contributed by atoms with Gasteiger partial charge < -0.3 is 5.32 Å². The van der Waals surface area contributed by atoms with E-state index in [0.29, 0.717) is 0 Å². The fourth-order valence-corrected chi connectivity index (χ4v) is 0.840. The van der Waals surface area contributed by atoms with Crippen LogP contribution in [0.25, 0.3) is 0 Å². The van der Waals surface area contributed by atoms with Crippen molar-refractivity contribution in [1.82, 2.24) is 5.32 Å². The molecule has 0 aromatic carbocycles. The summed E-state index contributed by atoms with van der Waals surface area (Å²) >= 11 is 0. The van der Waals surface area contributed by atoms with Crippen molar-refractivity contribution in [1.29, 1.82) is 0 Å². The molecule has 0 heterocycles. The Bertz CT molecular complexity index is 90.9. The number of hydrogen-bond donors (Lipinski definition) is 1. The van der Waals surface area contributed by atoms with Crippen LogP contribution in [0.15, 0.2) is 0 Å². The highest BCUT2D eigenvalue weighted by Gasteiger charge is 2.07. The number of Topliss-reactive ketones (excluding diaryl/α,β-unsaturated/α-hetero) is 1. The van der Waals surface area contributed by atoms with Crippen LogP contribution in [-0.2, 0) is 4.79 Å². The molecule has 54 valence electrons. The van der Waals surface area contributed by atoms with Crippen molar-refractivity contribution in [3.8, 4) is 0 Å². The average Bonchev–Trinajstić information content (AvgIpc) is 1.82. The molecule has 0 aromatic rings. The third kappa shape index (κ3) is 3.25. The first-order valence-corrected chi connectivity index (χ1v) is 3.40. The Kier molecular flexibility index (Phi) is 4.32. The van der Waals surface area contributed by atoms with Crippen LogP contribution in [0.2, 0.25) is 0 Å². The van der Waals surface area contributed by atoms with Gasteiger partial charge in [0.05, 0.1) is 6.04 Å². The first-order valence-electron chi connectivity index (χ1n) is 3.40. The second-order valence-corrected chi connectivity index (χ2v) is 2.24. The van der Waals surface area contributed by atoms with Gasteiger partial charge in [-0.2, -0.15) is 0 Å². The zero-order valence-electron chi connectivity index (χ0n) is 6.40. The summed E-state index contributed by atoms with van der Waals surface area (Å²) in [7, 11) is 1.82. The van der Waals surface area contributed by atoms with Gasteiger partial charge in [-0.1, -0.05) is 13.3 Å². The molecule has 2 heteroatoms. The van der Waals surface area contributed by atoms with Crippen molar-refractivity contribution in [3.05, 3.63) is 0 Å². The smallest absolute Gasteiger partial charge is 0.146 e. The fraction of sp³-hybridized carbons (Fsp3) is 0.857. The predicted octanol–water partition coefficient (Wildman–Crippen LogP) is 0.964. The summed E-state index contributed by atoms with van der Waals surface area (Å²) in [5, 5.41) is 2.95. The molecule has 0 rings (SSSR count). The summed E-state index contributed by atoms with van der Waals surface area (Å²) in [6, 6.07) is 0.0787. The van der Waals surface area contributed by atoms with Gasteiger partial charge in [0.1, 0.15) is 5.78 Å². The second-order valence-electron chi connectivity index (χ2n) is 2.24. The zero-order chi connectivity index (χ0) is 7.28. The van der Waals surface area contributed by atoms with Crippen molar-refractivity contribution < 1.29 is 4.79 Å². The van der Waals surface area contributed by atoms with Gasteiger partial charge in [-0.15, -0.1) is 0 Å². The van der Waals surface area contributed by atoms with Gasteiger partial charge in [-0.05, 0) is 20.4 Å². The van der Waals surface area contributed by atoms with Crippen LogP contribution < -0.4 is 5.32 Å². The van der Waals surface area contributed by atoms with Gasteiger partial charge in [0, 0.05) is 0 Å². The highest BCUT2D eigenvalue weighted by atomic mass is 16.1. The van der Waals surface area contributed by atoms with Crippen LogP contribution in [0.3, 0.4) is 0 Å². The molecule has 0 aliphatic carbocycles. The molecule has 0 radical (unpaired) electrons. The Labute approximate surface area is 56.6 Å². The third-order valence-electron chi connectivity index (χ3n) is 1.42. The SMILES string of the molecule is CCCC(NC)C(C)=O. The van der Waals surface area contributed by atoms with Crippen LogP contribution in [0.4, 0.5) is 0 Å². The second kappa shape index (κ2) is 4.50. The highest BCUT2D eigenvalue weighted by Crippen LogP contribution is 1.95. The van der Waals surface area contributed by atoms with Gasteiger partial charge in [0.2, 0.25) is 0 Å². The van der Waals surface area contributed by atoms with E-state index in [2.05, 4.69) is 12.2 Å². The van der Waals surface area contributed by atoms with E-state index in [1.807, 2.05) is 7.05 Å². The molecule has 0 bridgehead atoms. The lowest BCUT2D eigenvalue weighted by Crippen LogP contribution is -2.31. The molecule has 1 unspecified atom stereocenters. The van der Waals surface area contributed by atoms with Gasteiger partial charge in [0.15, 0.2) is 0 Å². The molecule has 0 amide bonds. The molecule has 1 N–H and O–H groups in total. The summed E-state index contributed by atoms with van der Waals surface area (Å²) in [5.41, 5.74) is 0. The molecule has 9 heavy (non-hydrogen) atoms. The minimum atomic E-state index is 0.0787. The Morgan fingerprint density at radius 3 is 2.33 bits per heavy atom. The minimum Gasteiger partial charge on any atom is -0.311 e. The number of carbonyl (C=O) groups is 1. The first kappa shape index (κ1) is 8.63. The Morgan fingerprint density at radius 1 is 1.67 bits per heavy atom. The quantitative estimate of drug-likeness (QED) is 0.612. The summed E-state index contributed by atoms with van der Waals surface area (Å²) < 4.78 is 0. The topological polar surface area (TPSA) is 29.1 Å². The number of carbonyl (C=O) groups excluding carboxylic acids is 1. The van der Waals surface area contributed by atoms with Gasteiger partial charge in [-0.25, -0.2) is 0 Å². The summed E-state index contributed by atoms with van der Waals surface area (Å²) in [4.78, 5) is 10.7. The third-order valence-corrected chi connectivity index (χ3v) is 1.42. The number of hydrogen-bond acceptors (Lipinski definition) is 2. The lowest BCUT2D eigenvalue weighted by Gasteiger charge is -2.09. The van der Waals surface area contributed by atoms with Crippen LogP contribution >= 0.6 is 0 Å². The summed E-state index contributed by atoms with van der Waals surface area (Å²) in [6.45, 7) is 3.70. The summed E-state index contributed by atoms with van der Waals surface area (Å²) in [6.07, 6.45) is 2.01. The molecule has 0 fully saturated rings. The highest BCUT2D eigenvalue weighted by molar-refractivity contribution is 5.81. The maximum Gasteiger partial charge on any atom is 0.146 e. The standard InChI is InChI=1S/C7H15NO/c1-4-5-7(8-3)6(2)9/h7-8H,4-5H2,1-3H3. The first-order chi connectivity index (χ1) is 4.22. The van der Waals surface area contributed by atoms with Crippen LogP contribution in [0, 0.1) is 0 Å². The van der Waals surface area contributed by atoms with Crippen LogP contribution in [0.1, 0.15) is 26.7 Å². The molecule has 0 aliphatic rings. The number of likely N-dealkylation sites (N-methyl/N-ethyl adjacent to an activating group) is 1. The molecule has 0 aromatic heterocycles. The molecule has 0 saturated carbocycles. The van der Waals surface area contributed by atoms with Crippen molar-refractivity contribution >= 4 is 5.78 Å². The maximum absolute atomic E-state index is 10.7. The largest absolute Gasteiger partial charge is 0.311 e. The van der Waals surface area contributed by atoms with Crippen molar-refractivity contribution in [2.24, 2.45) is 0 Å². The molecular formula is C7H15NO. The van der Waals surface area contributed by atoms with Crippen molar-refractivity contribution in [2.45, 2.75) is 32.7 Å². The molecule has 0 saturated heterocycles. The van der Waals surface area contributed by atoms with Crippen LogP contribution in [0.5, 0.6) is 0 Å². The Balaban J connectivity index is 3.54. The monoisotopic (exact) mass is 129 g/mol. The van der Waals surface area contributed by atoms with E-state index < -0.39 is 0 Å². The number of rotatable bonds is 4. The lowest BCUT2D eigenvalue weighted by molar-refractivity contribution is -0.119. The Morgan fingerprint density at radius 2 is 2.22 bits per heavy atom. The van der Waals surface area contributed by atoms with E-state index in [1.54, 1.807) is 6.92 Å². The van der Waals surface area contributed by atoms with Gasteiger partial charge >= 0.3 is 0 Å². The number of nitrogens with one attached hydrogen (secondary N) is 1. The van der Waals surface area contributed by atoms with Crippen LogP contribution in [-0.4, -0.2) is 18.9 Å². The zero-order valence-corrected chi connectivity index (χ0v) is 6.40. The van der Waals surface area contributed by atoms with E-state index in [4.69, 9.17) is 0 Å². The molecule has 0 spiro atoms. The average molecular weight is 129 g/mol. The van der Waals surface area contributed by atoms with Gasteiger partial charge in [0.25, 0.3) is 0 Å². The molecular weight excluding hydrogens is 114 g/mol. The van der Waals surface area contributed by atoms with E-state index in [0.717, 1.165) is 12.8 Å². The minimum absolute atomic E-state index is 0.0787. The Hall–Kier alpha value is -0.370. The van der Waals surface area contributed by atoms with Crippen molar-refractivity contribution in [2.75, 3.05) is 7.05 Å². The number of ketones is 1. The van der Waals surface area contributed by atoms with E-state index in [9.17, 15) is 4.79 Å². The summed E-state index contributed by atoms with van der Waals surface area (Å²) in [5.74, 6) is 0.236. The van der Waals surface area contributed by atoms with E-state index in [1.165, 1.54) is 0 Å². The fourth-order valence-electron chi connectivity index (χ4n) is 0.840.